The van der Waals surface area contributed by atoms with Gasteiger partial charge in [-0.15, -0.1) is 24.0 Å². The van der Waals surface area contributed by atoms with E-state index in [2.05, 4.69) is 20.5 Å². The Morgan fingerprint density at radius 2 is 1.91 bits per heavy atom. The van der Waals surface area contributed by atoms with E-state index in [0.29, 0.717) is 0 Å². The molecule has 2 rings (SSSR count). The van der Waals surface area contributed by atoms with Crippen LogP contribution in [0.5, 0.6) is 0 Å². The number of hydrogen-bond donors (Lipinski definition) is 2. The van der Waals surface area contributed by atoms with Crippen molar-refractivity contribution < 1.29 is 4.74 Å². The lowest BCUT2D eigenvalue weighted by Gasteiger charge is -2.22. The van der Waals surface area contributed by atoms with Crippen LogP contribution in [0, 0.1) is 5.92 Å². The number of nitrogens with one attached hydrogen (secondary N) is 2. The van der Waals surface area contributed by atoms with Crippen molar-refractivity contribution in [3.8, 4) is 0 Å². The molecule has 0 radical (unpaired) electrons. The number of guanidine groups is 1. The second-order valence-electron chi connectivity index (χ2n) is 6.15. The molecule has 0 aliphatic heterocycles. The first-order valence-corrected chi connectivity index (χ1v) is 8.59. The lowest BCUT2D eigenvalue weighted by molar-refractivity contribution is 0.145. The molecule has 0 heterocycles. The highest BCUT2D eigenvalue weighted by atomic mass is 127. The summed E-state index contributed by atoms with van der Waals surface area (Å²) in [5, 5.41) is 6.76. The zero-order chi connectivity index (χ0) is 14.9. The van der Waals surface area contributed by atoms with Gasteiger partial charge in [0.05, 0.1) is 0 Å². The van der Waals surface area contributed by atoms with Crippen molar-refractivity contribution in [3.63, 3.8) is 0 Å². The highest BCUT2D eigenvalue weighted by Crippen LogP contribution is 2.34. The summed E-state index contributed by atoms with van der Waals surface area (Å²) < 4.78 is 5.33. The fourth-order valence-corrected chi connectivity index (χ4v) is 2.56. The quantitative estimate of drug-likeness (QED) is 0.231. The standard InChI is InChI=1S/C16H32N4O.HI/c1-3-21-12-4-9-18-16(17-2)19-10-11-20(15-7-8-15)13-14-5-6-14;/h14-15H,3-13H2,1-2H3,(H2,17,18,19);1H. The summed E-state index contributed by atoms with van der Waals surface area (Å²) in [4.78, 5) is 6.95. The van der Waals surface area contributed by atoms with Crippen LogP contribution in [0.4, 0.5) is 0 Å². The zero-order valence-electron chi connectivity index (χ0n) is 14.1. The molecule has 0 spiro atoms. The van der Waals surface area contributed by atoms with Crippen molar-refractivity contribution in [2.24, 2.45) is 10.9 Å². The van der Waals surface area contributed by atoms with Crippen LogP contribution in [-0.2, 0) is 4.74 Å². The largest absolute Gasteiger partial charge is 0.382 e. The van der Waals surface area contributed by atoms with Crippen molar-refractivity contribution in [1.82, 2.24) is 15.5 Å². The monoisotopic (exact) mass is 424 g/mol. The molecule has 0 atom stereocenters. The van der Waals surface area contributed by atoms with Gasteiger partial charge in [0.25, 0.3) is 0 Å². The highest BCUT2D eigenvalue weighted by Gasteiger charge is 2.33. The van der Waals surface area contributed by atoms with Crippen molar-refractivity contribution in [2.45, 2.75) is 45.1 Å². The van der Waals surface area contributed by atoms with Crippen LogP contribution in [0.15, 0.2) is 4.99 Å². The summed E-state index contributed by atoms with van der Waals surface area (Å²) >= 11 is 0. The van der Waals surface area contributed by atoms with Crippen molar-refractivity contribution in [1.29, 1.82) is 0 Å². The van der Waals surface area contributed by atoms with Crippen molar-refractivity contribution >= 4 is 29.9 Å². The lowest BCUT2D eigenvalue weighted by Crippen LogP contribution is -2.42. The van der Waals surface area contributed by atoms with Gasteiger partial charge in [0.15, 0.2) is 5.96 Å². The minimum absolute atomic E-state index is 0. The molecule has 0 aromatic rings. The number of ether oxygens (including phenoxy) is 1. The third kappa shape index (κ3) is 8.53. The van der Waals surface area contributed by atoms with Crippen LogP contribution < -0.4 is 10.6 Å². The third-order valence-corrected chi connectivity index (χ3v) is 4.13. The van der Waals surface area contributed by atoms with Gasteiger partial charge in [0, 0.05) is 52.5 Å². The van der Waals surface area contributed by atoms with E-state index in [9.17, 15) is 0 Å². The van der Waals surface area contributed by atoms with E-state index in [1.807, 2.05) is 14.0 Å². The van der Waals surface area contributed by atoms with Crippen molar-refractivity contribution in [2.75, 3.05) is 46.4 Å². The summed E-state index contributed by atoms with van der Waals surface area (Å²) in [6.07, 6.45) is 6.71. The molecular weight excluding hydrogens is 391 g/mol. The molecule has 0 bridgehead atoms. The normalized spacial score (nSPS) is 18.2. The van der Waals surface area contributed by atoms with Crippen LogP contribution >= 0.6 is 24.0 Å². The number of halogens is 1. The molecule has 2 aliphatic rings. The number of aliphatic imine (C=N–C) groups is 1. The second-order valence-corrected chi connectivity index (χ2v) is 6.15. The van der Waals surface area contributed by atoms with Crippen LogP contribution in [0.3, 0.4) is 0 Å². The molecule has 0 amide bonds. The predicted octanol–water partition coefficient (Wildman–Crippen LogP) is 2.07. The van der Waals surface area contributed by atoms with E-state index in [4.69, 9.17) is 4.74 Å². The summed E-state index contributed by atoms with van der Waals surface area (Å²) in [6, 6.07) is 0.869. The number of nitrogens with zero attached hydrogens (tertiary/aromatic N) is 2. The fraction of sp³-hybridized carbons (Fsp3) is 0.938. The first-order chi connectivity index (χ1) is 10.3. The average molecular weight is 424 g/mol. The molecule has 2 N–H and O–H groups in total. The molecule has 5 nitrogen and oxygen atoms in total. The maximum atomic E-state index is 5.33. The Kier molecular flexibility index (Phi) is 10.4. The van der Waals surface area contributed by atoms with Gasteiger partial charge >= 0.3 is 0 Å². The summed E-state index contributed by atoms with van der Waals surface area (Å²) in [5.41, 5.74) is 0. The van der Waals surface area contributed by atoms with Crippen LogP contribution in [0.25, 0.3) is 0 Å². The highest BCUT2D eigenvalue weighted by molar-refractivity contribution is 14.0. The molecule has 0 saturated heterocycles. The van der Waals surface area contributed by atoms with Gasteiger partial charge in [0.1, 0.15) is 0 Å². The molecule has 2 fully saturated rings. The molecule has 22 heavy (non-hydrogen) atoms. The maximum absolute atomic E-state index is 5.33. The van der Waals surface area contributed by atoms with E-state index in [0.717, 1.165) is 57.2 Å². The van der Waals surface area contributed by atoms with E-state index in [1.165, 1.54) is 32.2 Å². The average Bonchev–Trinajstić information content (AvgIpc) is 3.37. The van der Waals surface area contributed by atoms with Crippen molar-refractivity contribution in [3.05, 3.63) is 0 Å². The third-order valence-electron chi connectivity index (χ3n) is 4.13. The van der Waals surface area contributed by atoms with Gasteiger partial charge in [0.2, 0.25) is 0 Å². The molecule has 0 unspecified atom stereocenters. The Morgan fingerprint density at radius 1 is 1.18 bits per heavy atom. The van der Waals surface area contributed by atoms with E-state index < -0.39 is 0 Å². The molecule has 0 aromatic heterocycles. The summed E-state index contributed by atoms with van der Waals surface area (Å²) in [7, 11) is 1.83. The Labute approximate surface area is 152 Å². The van der Waals surface area contributed by atoms with Gasteiger partial charge in [-0.25, -0.2) is 0 Å². The van der Waals surface area contributed by atoms with Crippen LogP contribution in [0.2, 0.25) is 0 Å². The fourth-order valence-electron chi connectivity index (χ4n) is 2.56. The Hall–Kier alpha value is -0.0800. The van der Waals surface area contributed by atoms with Gasteiger partial charge in [-0.2, -0.15) is 0 Å². The Morgan fingerprint density at radius 3 is 2.50 bits per heavy atom. The maximum Gasteiger partial charge on any atom is 0.191 e. The molecular formula is C16H33IN4O. The SMILES string of the molecule is CCOCCCNC(=NC)NCCN(CC1CC1)C1CC1.I. The van der Waals surface area contributed by atoms with E-state index in [1.54, 1.807) is 0 Å². The van der Waals surface area contributed by atoms with Gasteiger partial charge in [-0.3, -0.25) is 9.89 Å². The zero-order valence-corrected chi connectivity index (χ0v) is 16.5. The second kappa shape index (κ2) is 11.5. The minimum Gasteiger partial charge on any atom is -0.382 e. The van der Waals surface area contributed by atoms with E-state index >= 15 is 0 Å². The van der Waals surface area contributed by atoms with Crippen LogP contribution in [0.1, 0.15) is 39.0 Å². The Bertz CT molecular complexity index is 319. The Balaban J connectivity index is 0.00000242. The smallest absolute Gasteiger partial charge is 0.191 e. The van der Waals surface area contributed by atoms with E-state index in [-0.39, 0.29) is 24.0 Å². The first kappa shape index (κ1) is 20.0. The predicted molar refractivity (Wildman–Crippen MR) is 103 cm³/mol. The summed E-state index contributed by atoms with van der Waals surface area (Å²) in [6.45, 7) is 7.99. The molecule has 2 saturated carbocycles. The number of rotatable bonds is 11. The molecule has 0 aromatic carbocycles. The topological polar surface area (TPSA) is 48.9 Å². The van der Waals surface area contributed by atoms with Crippen LogP contribution in [-0.4, -0.2) is 63.3 Å². The molecule has 6 heteroatoms. The molecule has 2 aliphatic carbocycles. The van der Waals surface area contributed by atoms with Gasteiger partial charge in [-0.05, 0) is 44.9 Å². The molecule has 130 valence electrons. The summed E-state index contributed by atoms with van der Waals surface area (Å²) in [5.74, 6) is 1.90. The van der Waals surface area contributed by atoms with Gasteiger partial charge < -0.3 is 15.4 Å². The number of hydrogen-bond acceptors (Lipinski definition) is 3. The van der Waals surface area contributed by atoms with Gasteiger partial charge in [-0.1, -0.05) is 0 Å². The first-order valence-electron chi connectivity index (χ1n) is 8.59. The minimum atomic E-state index is 0. The lowest BCUT2D eigenvalue weighted by atomic mass is 10.3.